The summed E-state index contributed by atoms with van der Waals surface area (Å²) in [5.41, 5.74) is 13.0. The van der Waals surface area contributed by atoms with Gasteiger partial charge in [0, 0.05) is 12.6 Å². The molecule has 0 aromatic heterocycles. The number of benzene rings is 1. The lowest BCUT2D eigenvalue weighted by atomic mass is 10.1. The van der Waals surface area contributed by atoms with Crippen LogP contribution in [0, 0.1) is 0 Å². The first-order valence-electron chi connectivity index (χ1n) is 7.26. The zero-order valence-corrected chi connectivity index (χ0v) is 12.1. The van der Waals surface area contributed by atoms with Gasteiger partial charge in [0.1, 0.15) is 0 Å². The number of nitrogens with two attached hydrogens (primary N) is 2. The van der Waals surface area contributed by atoms with Crippen LogP contribution in [-0.2, 0) is 0 Å². The fraction of sp³-hybridized carbons (Fsp3) is 0.533. The van der Waals surface area contributed by atoms with Crippen LogP contribution in [0.4, 0.5) is 11.4 Å². The van der Waals surface area contributed by atoms with Crippen molar-refractivity contribution in [1.29, 1.82) is 0 Å². The Balaban J connectivity index is 2.01. The quantitative estimate of drug-likeness (QED) is 0.714. The van der Waals surface area contributed by atoms with E-state index in [0.717, 1.165) is 19.6 Å². The van der Waals surface area contributed by atoms with Crippen LogP contribution in [0.3, 0.4) is 0 Å². The molecule has 1 saturated heterocycles. The number of primary amides is 1. The average Bonchev–Trinajstić information content (AvgIpc) is 2.46. The average molecular weight is 276 g/mol. The SMILES string of the molecule is CC(CNc1c(N)cccc1C(N)=O)N1CCCCC1. The summed E-state index contributed by atoms with van der Waals surface area (Å²) in [7, 11) is 0. The molecule has 5 N–H and O–H groups in total. The maximum absolute atomic E-state index is 11.4. The van der Waals surface area contributed by atoms with Gasteiger partial charge >= 0.3 is 0 Å². The molecular weight excluding hydrogens is 252 g/mol. The maximum atomic E-state index is 11.4. The Kier molecular flexibility index (Phi) is 4.84. The van der Waals surface area contributed by atoms with Gasteiger partial charge in [-0.1, -0.05) is 12.5 Å². The fourth-order valence-electron chi connectivity index (χ4n) is 2.71. The van der Waals surface area contributed by atoms with Crippen LogP contribution in [0.1, 0.15) is 36.5 Å². The minimum Gasteiger partial charge on any atom is -0.397 e. The predicted octanol–water partition coefficient (Wildman–Crippen LogP) is 1.65. The van der Waals surface area contributed by atoms with Crippen molar-refractivity contribution in [1.82, 2.24) is 4.90 Å². The summed E-state index contributed by atoms with van der Waals surface area (Å²) < 4.78 is 0. The van der Waals surface area contributed by atoms with E-state index in [9.17, 15) is 4.79 Å². The number of para-hydroxylation sites is 1. The third kappa shape index (κ3) is 3.42. The van der Waals surface area contributed by atoms with Gasteiger partial charge in [-0.05, 0) is 45.0 Å². The van der Waals surface area contributed by atoms with Crippen molar-refractivity contribution in [3.63, 3.8) is 0 Å². The molecule has 1 aliphatic rings. The molecule has 5 nitrogen and oxygen atoms in total. The molecule has 1 aliphatic heterocycles. The van der Waals surface area contributed by atoms with Gasteiger partial charge in [0.15, 0.2) is 0 Å². The lowest BCUT2D eigenvalue weighted by Crippen LogP contribution is -2.41. The minimum absolute atomic E-state index is 0.413. The van der Waals surface area contributed by atoms with Gasteiger partial charge in [0.25, 0.3) is 5.91 Å². The van der Waals surface area contributed by atoms with Crippen LogP contribution in [0.5, 0.6) is 0 Å². The van der Waals surface area contributed by atoms with Gasteiger partial charge in [-0.25, -0.2) is 0 Å². The molecule has 5 heteroatoms. The van der Waals surface area contributed by atoms with E-state index in [4.69, 9.17) is 11.5 Å². The number of rotatable bonds is 5. The molecule has 0 radical (unpaired) electrons. The largest absolute Gasteiger partial charge is 0.397 e. The Morgan fingerprint density at radius 3 is 2.70 bits per heavy atom. The van der Waals surface area contributed by atoms with E-state index >= 15 is 0 Å². The third-order valence-electron chi connectivity index (χ3n) is 3.95. The van der Waals surface area contributed by atoms with Crippen LogP contribution in [0.2, 0.25) is 0 Å². The smallest absolute Gasteiger partial charge is 0.250 e. The molecule has 1 amide bonds. The van der Waals surface area contributed by atoms with E-state index in [1.165, 1.54) is 19.3 Å². The van der Waals surface area contributed by atoms with Gasteiger partial charge in [-0.3, -0.25) is 9.69 Å². The zero-order valence-electron chi connectivity index (χ0n) is 12.1. The Morgan fingerprint density at radius 2 is 2.05 bits per heavy atom. The van der Waals surface area contributed by atoms with E-state index in [1.54, 1.807) is 18.2 Å². The summed E-state index contributed by atoms with van der Waals surface area (Å²) in [6, 6.07) is 5.64. The van der Waals surface area contributed by atoms with Crippen LogP contribution in [0.25, 0.3) is 0 Å². The topological polar surface area (TPSA) is 84.4 Å². The maximum Gasteiger partial charge on any atom is 0.250 e. The predicted molar refractivity (Wildman–Crippen MR) is 82.7 cm³/mol. The van der Waals surface area contributed by atoms with Gasteiger partial charge in [0.2, 0.25) is 0 Å². The molecule has 20 heavy (non-hydrogen) atoms. The number of carbonyl (C=O) groups excluding carboxylic acids is 1. The monoisotopic (exact) mass is 276 g/mol. The van der Waals surface area contributed by atoms with Gasteiger partial charge in [0.05, 0.1) is 16.9 Å². The number of likely N-dealkylation sites (tertiary alicyclic amines) is 1. The Labute approximate surface area is 120 Å². The third-order valence-corrected chi connectivity index (χ3v) is 3.95. The summed E-state index contributed by atoms with van der Waals surface area (Å²) in [6.07, 6.45) is 3.86. The highest BCUT2D eigenvalue weighted by Gasteiger charge is 2.17. The summed E-state index contributed by atoms with van der Waals surface area (Å²) in [4.78, 5) is 13.9. The van der Waals surface area contributed by atoms with Crippen molar-refractivity contribution in [3.8, 4) is 0 Å². The second-order valence-electron chi connectivity index (χ2n) is 5.46. The number of nitrogens with one attached hydrogen (secondary N) is 1. The van der Waals surface area contributed by atoms with E-state index in [1.807, 2.05) is 0 Å². The molecule has 1 heterocycles. The Hall–Kier alpha value is -1.75. The summed E-state index contributed by atoms with van der Waals surface area (Å²) in [5, 5.41) is 3.29. The highest BCUT2D eigenvalue weighted by atomic mass is 16.1. The van der Waals surface area contributed by atoms with E-state index in [-0.39, 0.29) is 0 Å². The minimum atomic E-state index is -0.453. The van der Waals surface area contributed by atoms with Gasteiger partial charge in [-0.2, -0.15) is 0 Å². The summed E-state index contributed by atoms with van der Waals surface area (Å²) in [5.74, 6) is -0.453. The second kappa shape index (κ2) is 6.61. The van der Waals surface area contributed by atoms with Gasteiger partial charge in [-0.15, -0.1) is 0 Å². The van der Waals surface area contributed by atoms with Crippen molar-refractivity contribution in [2.75, 3.05) is 30.7 Å². The number of anilines is 2. The van der Waals surface area contributed by atoms with Crippen molar-refractivity contribution < 1.29 is 4.79 Å². The standard InChI is InChI=1S/C15H24N4O/c1-11(19-8-3-2-4-9-19)10-18-14-12(15(17)20)6-5-7-13(14)16/h5-7,11,18H,2-4,8-10,16H2,1H3,(H2,17,20). The van der Waals surface area contributed by atoms with Crippen molar-refractivity contribution in [2.45, 2.75) is 32.2 Å². The normalized spacial score (nSPS) is 17.6. The number of carbonyl (C=O) groups is 1. The number of amides is 1. The summed E-state index contributed by atoms with van der Waals surface area (Å²) >= 11 is 0. The van der Waals surface area contributed by atoms with Crippen molar-refractivity contribution >= 4 is 17.3 Å². The molecule has 2 rings (SSSR count). The first-order valence-corrected chi connectivity index (χ1v) is 7.26. The molecule has 1 atom stereocenters. The molecule has 1 fully saturated rings. The number of piperidine rings is 1. The molecule has 110 valence electrons. The number of hydrogen-bond donors (Lipinski definition) is 3. The Morgan fingerprint density at radius 1 is 1.35 bits per heavy atom. The van der Waals surface area contributed by atoms with E-state index in [0.29, 0.717) is 23.0 Å². The molecule has 1 unspecified atom stereocenters. The van der Waals surface area contributed by atoms with E-state index in [2.05, 4.69) is 17.1 Å². The number of nitrogens with zero attached hydrogens (tertiary/aromatic N) is 1. The first-order chi connectivity index (χ1) is 9.59. The highest BCUT2D eigenvalue weighted by Crippen LogP contribution is 2.23. The molecular formula is C15H24N4O. The molecule has 1 aromatic rings. The zero-order chi connectivity index (χ0) is 14.5. The molecule has 0 aliphatic carbocycles. The van der Waals surface area contributed by atoms with Gasteiger partial charge < -0.3 is 16.8 Å². The Bertz CT molecular complexity index is 469. The highest BCUT2D eigenvalue weighted by molar-refractivity contribution is 6.01. The van der Waals surface area contributed by atoms with Crippen LogP contribution in [0.15, 0.2) is 18.2 Å². The molecule has 0 spiro atoms. The molecule has 0 saturated carbocycles. The lowest BCUT2D eigenvalue weighted by molar-refractivity contribution is 0.100. The lowest BCUT2D eigenvalue weighted by Gasteiger charge is -2.32. The first kappa shape index (κ1) is 14.7. The fourth-order valence-corrected chi connectivity index (χ4v) is 2.71. The van der Waals surface area contributed by atoms with Crippen LogP contribution < -0.4 is 16.8 Å². The van der Waals surface area contributed by atoms with Crippen LogP contribution in [-0.4, -0.2) is 36.5 Å². The van der Waals surface area contributed by atoms with Crippen molar-refractivity contribution in [2.24, 2.45) is 5.73 Å². The summed E-state index contributed by atoms with van der Waals surface area (Å²) in [6.45, 7) is 5.25. The van der Waals surface area contributed by atoms with E-state index < -0.39 is 5.91 Å². The van der Waals surface area contributed by atoms with Crippen molar-refractivity contribution in [3.05, 3.63) is 23.8 Å². The molecule has 0 bridgehead atoms. The number of nitrogen functional groups attached to an aromatic ring is 1. The second-order valence-corrected chi connectivity index (χ2v) is 5.46. The van der Waals surface area contributed by atoms with Crippen LogP contribution >= 0.6 is 0 Å². The number of hydrogen-bond acceptors (Lipinski definition) is 4. The molecule has 1 aromatic carbocycles.